The molecular formula is C22H46. The van der Waals surface area contributed by atoms with Crippen molar-refractivity contribution in [3.8, 4) is 0 Å². The third kappa shape index (κ3) is 16.4. The van der Waals surface area contributed by atoms with Crippen molar-refractivity contribution in [3.63, 3.8) is 0 Å². The Kier molecular flexibility index (Phi) is 19.0. The Hall–Kier alpha value is 0. The molecule has 0 radical (unpaired) electrons. The van der Waals surface area contributed by atoms with Gasteiger partial charge in [-0.1, -0.05) is 136 Å². The molecule has 1 atom stereocenters. The van der Waals surface area contributed by atoms with Crippen molar-refractivity contribution in [1.82, 2.24) is 0 Å². The number of hydrogen-bond acceptors (Lipinski definition) is 0. The summed E-state index contributed by atoms with van der Waals surface area (Å²) in [7, 11) is 0. The SMILES string of the molecule is CCCCCCCCCCC(CC)CCCCCCCCC. The molecule has 0 saturated carbocycles. The molecule has 0 heteroatoms. The van der Waals surface area contributed by atoms with E-state index >= 15 is 0 Å². The van der Waals surface area contributed by atoms with E-state index in [-0.39, 0.29) is 0 Å². The lowest BCUT2D eigenvalue weighted by molar-refractivity contribution is 0.392. The van der Waals surface area contributed by atoms with Gasteiger partial charge in [-0.25, -0.2) is 0 Å². The van der Waals surface area contributed by atoms with Crippen LogP contribution in [0.4, 0.5) is 0 Å². The van der Waals surface area contributed by atoms with Crippen LogP contribution in [-0.2, 0) is 0 Å². The molecule has 0 bridgehead atoms. The summed E-state index contributed by atoms with van der Waals surface area (Å²) in [6, 6.07) is 0. The molecule has 0 heterocycles. The van der Waals surface area contributed by atoms with Gasteiger partial charge in [-0.3, -0.25) is 0 Å². The lowest BCUT2D eigenvalue weighted by Gasteiger charge is -2.14. The fraction of sp³-hybridized carbons (Fsp3) is 1.00. The summed E-state index contributed by atoms with van der Waals surface area (Å²) in [4.78, 5) is 0. The molecule has 0 aliphatic heterocycles. The van der Waals surface area contributed by atoms with Crippen molar-refractivity contribution < 1.29 is 0 Å². The van der Waals surface area contributed by atoms with Crippen molar-refractivity contribution in [2.24, 2.45) is 5.92 Å². The maximum Gasteiger partial charge on any atom is -0.0417 e. The Balaban J connectivity index is 3.29. The summed E-state index contributed by atoms with van der Waals surface area (Å²) in [6.45, 7) is 7.00. The molecule has 0 aromatic carbocycles. The van der Waals surface area contributed by atoms with Crippen molar-refractivity contribution >= 4 is 0 Å². The van der Waals surface area contributed by atoms with Gasteiger partial charge in [0.15, 0.2) is 0 Å². The average Bonchev–Trinajstić information content (AvgIpc) is 2.54. The molecule has 0 aromatic heterocycles. The van der Waals surface area contributed by atoms with E-state index in [1.165, 1.54) is 116 Å². The summed E-state index contributed by atoms with van der Waals surface area (Å²) in [5.41, 5.74) is 0. The van der Waals surface area contributed by atoms with E-state index in [2.05, 4.69) is 20.8 Å². The predicted molar refractivity (Wildman–Crippen MR) is 104 cm³/mol. The van der Waals surface area contributed by atoms with Gasteiger partial charge in [0.1, 0.15) is 0 Å². The van der Waals surface area contributed by atoms with Crippen LogP contribution in [0.5, 0.6) is 0 Å². The fourth-order valence-corrected chi connectivity index (χ4v) is 3.51. The van der Waals surface area contributed by atoms with Crippen molar-refractivity contribution in [2.75, 3.05) is 0 Å². The fourth-order valence-electron chi connectivity index (χ4n) is 3.51. The minimum atomic E-state index is 1.02. The van der Waals surface area contributed by atoms with Crippen LogP contribution in [0.2, 0.25) is 0 Å². The molecule has 134 valence electrons. The summed E-state index contributed by atoms with van der Waals surface area (Å²) >= 11 is 0. The monoisotopic (exact) mass is 310 g/mol. The van der Waals surface area contributed by atoms with Gasteiger partial charge in [0.25, 0.3) is 0 Å². The van der Waals surface area contributed by atoms with Gasteiger partial charge in [0.05, 0.1) is 0 Å². The number of hydrogen-bond donors (Lipinski definition) is 0. The second kappa shape index (κ2) is 19.0. The molecule has 0 saturated heterocycles. The van der Waals surface area contributed by atoms with Crippen LogP contribution in [0.1, 0.15) is 136 Å². The van der Waals surface area contributed by atoms with Crippen LogP contribution in [0.25, 0.3) is 0 Å². The minimum absolute atomic E-state index is 1.02. The molecule has 0 amide bonds. The first-order valence-electron chi connectivity index (χ1n) is 10.8. The lowest BCUT2D eigenvalue weighted by Crippen LogP contribution is -1.99. The van der Waals surface area contributed by atoms with Crippen LogP contribution in [0.3, 0.4) is 0 Å². The smallest absolute Gasteiger partial charge is 0.0417 e. The van der Waals surface area contributed by atoms with E-state index < -0.39 is 0 Å². The third-order valence-electron chi connectivity index (χ3n) is 5.26. The molecule has 0 nitrogen and oxygen atoms in total. The molecule has 0 aliphatic carbocycles. The van der Waals surface area contributed by atoms with Gasteiger partial charge in [-0.05, 0) is 5.92 Å². The minimum Gasteiger partial charge on any atom is -0.0654 e. The predicted octanol–water partition coefficient (Wildman–Crippen LogP) is 8.68. The highest BCUT2D eigenvalue weighted by atomic mass is 14.1. The summed E-state index contributed by atoms with van der Waals surface area (Å²) in [5, 5.41) is 0. The number of rotatable bonds is 18. The summed E-state index contributed by atoms with van der Waals surface area (Å²) in [6.07, 6.45) is 26.3. The topological polar surface area (TPSA) is 0 Å². The largest absolute Gasteiger partial charge is 0.0654 e. The van der Waals surface area contributed by atoms with Crippen LogP contribution in [-0.4, -0.2) is 0 Å². The average molecular weight is 311 g/mol. The second-order valence-corrected chi connectivity index (χ2v) is 7.45. The van der Waals surface area contributed by atoms with Gasteiger partial charge in [-0.2, -0.15) is 0 Å². The highest BCUT2D eigenvalue weighted by molar-refractivity contribution is 4.59. The first-order valence-corrected chi connectivity index (χ1v) is 10.8. The quantitative estimate of drug-likeness (QED) is 0.222. The first kappa shape index (κ1) is 22.0. The van der Waals surface area contributed by atoms with Crippen LogP contribution < -0.4 is 0 Å². The molecule has 0 spiro atoms. The highest BCUT2D eigenvalue weighted by Crippen LogP contribution is 2.21. The van der Waals surface area contributed by atoms with Gasteiger partial charge in [-0.15, -0.1) is 0 Å². The molecule has 0 fully saturated rings. The van der Waals surface area contributed by atoms with Crippen LogP contribution in [0, 0.1) is 5.92 Å². The Morgan fingerprint density at radius 3 is 1.05 bits per heavy atom. The van der Waals surface area contributed by atoms with Gasteiger partial charge in [0, 0.05) is 0 Å². The highest BCUT2D eigenvalue weighted by Gasteiger charge is 2.05. The van der Waals surface area contributed by atoms with Gasteiger partial charge in [0.2, 0.25) is 0 Å². The number of unbranched alkanes of at least 4 members (excludes halogenated alkanes) is 13. The van der Waals surface area contributed by atoms with Crippen LogP contribution >= 0.6 is 0 Å². The molecule has 0 aliphatic rings. The standard InChI is InChI=1S/C22H46/c1-4-7-9-11-13-15-17-19-21-22(6-3)20-18-16-14-12-10-8-5-2/h22H,4-21H2,1-3H3. The maximum absolute atomic E-state index is 2.40. The lowest BCUT2D eigenvalue weighted by atomic mass is 9.92. The van der Waals surface area contributed by atoms with E-state index in [0.717, 1.165) is 5.92 Å². The molecule has 1 unspecified atom stereocenters. The summed E-state index contributed by atoms with van der Waals surface area (Å²) in [5.74, 6) is 1.02. The van der Waals surface area contributed by atoms with E-state index in [0.29, 0.717) is 0 Å². The Morgan fingerprint density at radius 2 is 0.727 bits per heavy atom. The first-order chi connectivity index (χ1) is 10.8. The zero-order chi connectivity index (χ0) is 16.3. The van der Waals surface area contributed by atoms with Gasteiger partial charge < -0.3 is 0 Å². The van der Waals surface area contributed by atoms with E-state index in [1.54, 1.807) is 0 Å². The zero-order valence-corrected chi connectivity index (χ0v) is 16.3. The molecule has 0 aromatic rings. The van der Waals surface area contributed by atoms with E-state index in [4.69, 9.17) is 0 Å². The van der Waals surface area contributed by atoms with Crippen LogP contribution in [0.15, 0.2) is 0 Å². The van der Waals surface area contributed by atoms with Crippen molar-refractivity contribution in [1.29, 1.82) is 0 Å². The molecular weight excluding hydrogens is 264 g/mol. The molecule has 22 heavy (non-hydrogen) atoms. The molecule has 0 N–H and O–H groups in total. The van der Waals surface area contributed by atoms with E-state index in [1.807, 2.05) is 0 Å². The second-order valence-electron chi connectivity index (χ2n) is 7.45. The maximum atomic E-state index is 2.40. The van der Waals surface area contributed by atoms with Crippen molar-refractivity contribution in [3.05, 3.63) is 0 Å². The van der Waals surface area contributed by atoms with E-state index in [9.17, 15) is 0 Å². The Labute approximate surface area is 142 Å². The Morgan fingerprint density at radius 1 is 0.409 bits per heavy atom. The van der Waals surface area contributed by atoms with Crippen molar-refractivity contribution in [2.45, 2.75) is 136 Å². The third-order valence-corrected chi connectivity index (χ3v) is 5.26. The summed E-state index contributed by atoms with van der Waals surface area (Å²) < 4.78 is 0. The molecule has 0 rings (SSSR count). The Bertz CT molecular complexity index is 184. The normalized spacial score (nSPS) is 12.7. The van der Waals surface area contributed by atoms with Gasteiger partial charge >= 0.3 is 0 Å². The zero-order valence-electron chi connectivity index (χ0n) is 16.3.